The molecule has 0 aliphatic rings. The number of esters is 2. The van der Waals surface area contributed by atoms with Crippen LogP contribution in [0.25, 0.3) is 4.85 Å². The third-order valence-corrected chi connectivity index (χ3v) is 5.21. The van der Waals surface area contributed by atoms with Gasteiger partial charge in [0.15, 0.2) is 5.69 Å². The summed E-state index contributed by atoms with van der Waals surface area (Å²) in [6, 6.07) is 19.1. The standard InChI is InChI=1S/C30H27N3O5/c1-4-29(34)37-18-6-5-17-36-27-14-10-25(11-15-27)30(35)38-28-16-9-24(19-22(28)2)21-33-32-20-23-7-12-26(31-3)13-8-23/h4,7-16,19-21H,1,5-6,17-18H2,2H3/b32-20-,33-21-. The van der Waals surface area contributed by atoms with Crippen molar-refractivity contribution in [2.45, 2.75) is 19.8 Å². The SMILES string of the molecule is [C-]#[N+]c1ccc(/C=N\N=C/c2ccc(OC(=O)c3ccc(OCCCCOC(=O)C=C)cc3)c(C)c2)cc1. The Morgan fingerprint density at radius 3 is 2.24 bits per heavy atom. The van der Waals surface area contributed by atoms with E-state index in [9.17, 15) is 9.59 Å². The molecule has 0 atom stereocenters. The molecule has 0 spiro atoms. The van der Waals surface area contributed by atoms with Crippen molar-refractivity contribution < 1.29 is 23.8 Å². The van der Waals surface area contributed by atoms with Gasteiger partial charge in [0.1, 0.15) is 11.5 Å². The highest BCUT2D eigenvalue weighted by Gasteiger charge is 2.11. The molecule has 0 saturated heterocycles. The Kier molecular flexibility index (Phi) is 10.5. The second-order valence-corrected chi connectivity index (χ2v) is 8.06. The number of unbranched alkanes of at least 4 members (excludes halogenated alkanes) is 1. The Balaban J connectivity index is 1.46. The number of hydrogen-bond acceptors (Lipinski definition) is 7. The first-order valence-corrected chi connectivity index (χ1v) is 11.9. The average molecular weight is 510 g/mol. The smallest absolute Gasteiger partial charge is 0.343 e. The molecule has 0 amide bonds. The van der Waals surface area contributed by atoms with Gasteiger partial charge < -0.3 is 14.2 Å². The molecule has 3 aromatic carbocycles. The predicted molar refractivity (Wildman–Crippen MR) is 146 cm³/mol. The fraction of sp³-hybridized carbons (Fsp3) is 0.167. The minimum Gasteiger partial charge on any atom is -0.494 e. The largest absolute Gasteiger partial charge is 0.494 e. The van der Waals surface area contributed by atoms with E-state index in [-0.39, 0.29) is 0 Å². The maximum atomic E-state index is 12.6. The van der Waals surface area contributed by atoms with Crippen LogP contribution in [0.3, 0.4) is 0 Å². The number of carbonyl (C=O) groups is 2. The van der Waals surface area contributed by atoms with E-state index in [4.69, 9.17) is 20.8 Å². The predicted octanol–water partition coefficient (Wildman–Crippen LogP) is 6.11. The zero-order valence-corrected chi connectivity index (χ0v) is 21.0. The van der Waals surface area contributed by atoms with Gasteiger partial charge in [-0.2, -0.15) is 10.2 Å². The van der Waals surface area contributed by atoms with Crippen LogP contribution < -0.4 is 9.47 Å². The van der Waals surface area contributed by atoms with Gasteiger partial charge in [0.2, 0.25) is 0 Å². The highest BCUT2D eigenvalue weighted by atomic mass is 16.5. The molecule has 8 heteroatoms. The molecule has 0 radical (unpaired) electrons. The molecule has 0 bridgehead atoms. The van der Waals surface area contributed by atoms with E-state index in [1.165, 1.54) is 0 Å². The molecular weight excluding hydrogens is 482 g/mol. The minimum absolute atomic E-state index is 0.320. The zero-order chi connectivity index (χ0) is 27.2. The van der Waals surface area contributed by atoms with Crippen LogP contribution in [-0.2, 0) is 9.53 Å². The quantitative estimate of drug-likeness (QED) is 0.0559. The van der Waals surface area contributed by atoms with E-state index in [1.807, 2.05) is 13.0 Å². The first-order valence-electron chi connectivity index (χ1n) is 11.9. The lowest BCUT2D eigenvalue weighted by Crippen LogP contribution is -2.09. The van der Waals surface area contributed by atoms with Gasteiger partial charge in [0.05, 0.1) is 37.8 Å². The molecule has 3 rings (SSSR count). The van der Waals surface area contributed by atoms with Crippen molar-refractivity contribution in [1.82, 2.24) is 0 Å². The van der Waals surface area contributed by atoms with Crippen molar-refractivity contribution >= 4 is 30.1 Å². The Bertz CT molecular complexity index is 1350. The number of aryl methyl sites for hydroxylation is 1. The number of nitrogens with zero attached hydrogens (tertiary/aromatic N) is 3. The molecule has 38 heavy (non-hydrogen) atoms. The monoisotopic (exact) mass is 509 g/mol. The molecule has 0 fully saturated rings. The van der Waals surface area contributed by atoms with Crippen LogP contribution >= 0.6 is 0 Å². The van der Waals surface area contributed by atoms with E-state index in [1.54, 1.807) is 73.1 Å². The lowest BCUT2D eigenvalue weighted by molar-refractivity contribution is -0.137. The number of benzene rings is 3. The van der Waals surface area contributed by atoms with Crippen LogP contribution in [0.2, 0.25) is 0 Å². The Morgan fingerprint density at radius 1 is 0.921 bits per heavy atom. The topological polar surface area (TPSA) is 90.9 Å². The van der Waals surface area contributed by atoms with E-state index in [0.717, 1.165) is 29.2 Å². The van der Waals surface area contributed by atoms with Gasteiger partial charge in [-0.15, -0.1) is 0 Å². The van der Waals surface area contributed by atoms with E-state index in [2.05, 4.69) is 21.6 Å². The fourth-order valence-corrected chi connectivity index (χ4v) is 3.17. The molecule has 0 heterocycles. The van der Waals surface area contributed by atoms with Gasteiger partial charge in [-0.25, -0.2) is 14.4 Å². The van der Waals surface area contributed by atoms with Gasteiger partial charge in [-0.3, -0.25) is 0 Å². The van der Waals surface area contributed by atoms with Crippen molar-refractivity contribution in [3.05, 3.63) is 113 Å². The lowest BCUT2D eigenvalue weighted by Gasteiger charge is -2.09. The molecule has 3 aromatic rings. The lowest BCUT2D eigenvalue weighted by atomic mass is 10.1. The molecular formula is C30H27N3O5. The van der Waals surface area contributed by atoms with Crippen LogP contribution in [0.4, 0.5) is 5.69 Å². The Hall–Kier alpha value is -5.03. The Morgan fingerprint density at radius 2 is 1.58 bits per heavy atom. The molecule has 8 nitrogen and oxygen atoms in total. The second kappa shape index (κ2) is 14.5. The third kappa shape index (κ3) is 8.88. The minimum atomic E-state index is -0.473. The van der Waals surface area contributed by atoms with Gasteiger partial charge >= 0.3 is 11.9 Å². The van der Waals surface area contributed by atoms with Crippen molar-refractivity contribution in [2.24, 2.45) is 10.2 Å². The molecule has 192 valence electrons. The normalized spacial score (nSPS) is 10.7. The number of ether oxygens (including phenoxy) is 3. The van der Waals surface area contributed by atoms with E-state index in [0.29, 0.717) is 42.4 Å². The third-order valence-electron chi connectivity index (χ3n) is 5.21. The number of carbonyl (C=O) groups excluding carboxylic acids is 2. The summed E-state index contributed by atoms with van der Waals surface area (Å²) in [4.78, 5) is 26.9. The summed E-state index contributed by atoms with van der Waals surface area (Å²) in [6.45, 7) is 12.9. The number of hydrogen-bond donors (Lipinski definition) is 0. The summed E-state index contributed by atoms with van der Waals surface area (Å²) in [5.41, 5.74) is 3.40. The van der Waals surface area contributed by atoms with E-state index < -0.39 is 11.9 Å². The molecule has 0 saturated carbocycles. The van der Waals surface area contributed by atoms with Crippen LogP contribution in [0.1, 0.15) is 39.9 Å². The summed E-state index contributed by atoms with van der Waals surface area (Å²) in [5, 5.41) is 8.09. The summed E-state index contributed by atoms with van der Waals surface area (Å²) in [6.07, 6.45) is 5.75. The summed E-state index contributed by atoms with van der Waals surface area (Å²) < 4.78 is 16.1. The average Bonchev–Trinajstić information content (AvgIpc) is 2.94. The maximum absolute atomic E-state index is 12.6. The van der Waals surface area contributed by atoms with Gasteiger partial charge in [0, 0.05) is 6.08 Å². The zero-order valence-electron chi connectivity index (χ0n) is 21.0. The van der Waals surface area contributed by atoms with Crippen molar-refractivity contribution in [3.63, 3.8) is 0 Å². The molecule has 0 aromatic heterocycles. The number of rotatable bonds is 12. The Labute approximate surface area is 221 Å². The van der Waals surface area contributed by atoms with E-state index >= 15 is 0 Å². The van der Waals surface area contributed by atoms with Gasteiger partial charge in [-0.1, -0.05) is 30.8 Å². The van der Waals surface area contributed by atoms with Crippen molar-refractivity contribution in [2.75, 3.05) is 13.2 Å². The van der Waals surface area contributed by atoms with Crippen LogP contribution in [0.15, 0.2) is 89.6 Å². The fourth-order valence-electron chi connectivity index (χ4n) is 3.17. The maximum Gasteiger partial charge on any atom is 0.343 e. The van der Waals surface area contributed by atoms with Crippen molar-refractivity contribution in [3.8, 4) is 11.5 Å². The molecule has 0 aliphatic heterocycles. The second-order valence-electron chi connectivity index (χ2n) is 8.06. The molecule has 0 unspecified atom stereocenters. The van der Waals surface area contributed by atoms with Crippen molar-refractivity contribution in [1.29, 1.82) is 0 Å². The van der Waals surface area contributed by atoms with Gasteiger partial charge in [0.25, 0.3) is 0 Å². The summed E-state index contributed by atoms with van der Waals surface area (Å²) in [5.74, 6) is 0.176. The molecule has 0 N–H and O–H groups in total. The first kappa shape index (κ1) is 27.6. The molecule has 0 aliphatic carbocycles. The summed E-state index contributed by atoms with van der Waals surface area (Å²) in [7, 11) is 0. The first-order chi connectivity index (χ1) is 18.5. The van der Waals surface area contributed by atoms with Crippen LogP contribution in [0.5, 0.6) is 11.5 Å². The highest BCUT2D eigenvalue weighted by Crippen LogP contribution is 2.21. The van der Waals surface area contributed by atoms with Gasteiger partial charge in [-0.05, 0) is 78.9 Å². The highest BCUT2D eigenvalue weighted by molar-refractivity contribution is 5.91. The summed E-state index contributed by atoms with van der Waals surface area (Å²) >= 11 is 0. The van der Waals surface area contributed by atoms with Crippen LogP contribution in [0, 0.1) is 13.5 Å². The van der Waals surface area contributed by atoms with Crippen LogP contribution in [-0.4, -0.2) is 37.6 Å².